The molecule has 0 fully saturated rings. The quantitative estimate of drug-likeness (QED) is 0.795. The van der Waals surface area contributed by atoms with E-state index in [1.54, 1.807) is 12.3 Å². The second-order valence-corrected chi connectivity index (χ2v) is 4.80. The minimum atomic E-state index is -0.577. The molecular formula is C13H17N5O3. The summed E-state index contributed by atoms with van der Waals surface area (Å²) in [4.78, 5) is 23.3. The molecule has 2 aromatic heterocycles. The fraction of sp³-hybridized carbons (Fsp3) is 0.385. The van der Waals surface area contributed by atoms with Crippen LogP contribution >= 0.6 is 0 Å². The number of imide groups is 1. The Morgan fingerprint density at radius 1 is 1.43 bits per heavy atom. The van der Waals surface area contributed by atoms with E-state index in [-0.39, 0.29) is 12.3 Å². The van der Waals surface area contributed by atoms with Crippen LogP contribution < -0.4 is 10.6 Å². The molecule has 2 rings (SSSR count). The monoisotopic (exact) mass is 291 g/mol. The lowest BCUT2D eigenvalue weighted by Gasteiger charge is -2.04. The first-order valence-electron chi connectivity index (χ1n) is 6.54. The zero-order chi connectivity index (χ0) is 15.2. The molecule has 2 N–H and O–H groups in total. The van der Waals surface area contributed by atoms with Gasteiger partial charge in [-0.3, -0.25) is 14.9 Å². The lowest BCUT2D eigenvalue weighted by atomic mass is 10.3. The maximum absolute atomic E-state index is 11.7. The molecule has 0 radical (unpaired) electrons. The van der Waals surface area contributed by atoms with Crippen molar-refractivity contribution in [3.05, 3.63) is 36.0 Å². The predicted molar refractivity (Wildman–Crippen MR) is 73.2 cm³/mol. The highest BCUT2D eigenvalue weighted by Gasteiger charge is 2.13. The van der Waals surface area contributed by atoms with Gasteiger partial charge >= 0.3 is 0 Å². The summed E-state index contributed by atoms with van der Waals surface area (Å²) >= 11 is 0. The van der Waals surface area contributed by atoms with Gasteiger partial charge in [-0.15, -0.1) is 5.10 Å². The fourth-order valence-corrected chi connectivity index (χ4v) is 1.59. The van der Waals surface area contributed by atoms with Gasteiger partial charge in [0.05, 0.1) is 18.2 Å². The average Bonchev–Trinajstić information content (AvgIpc) is 3.07. The van der Waals surface area contributed by atoms with Crippen LogP contribution in [0.15, 0.2) is 29.0 Å². The lowest BCUT2D eigenvalue weighted by Crippen LogP contribution is -2.33. The Balaban J connectivity index is 1.84. The van der Waals surface area contributed by atoms with E-state index in [0.29, 0.717) is 12.6 Å². The van der Waals surface area contributed by atoms with E-state index >= 15 is 0 Å². The SMILES string of the molecule is CC(C)NCc1cn(CC(=O)NC(=O)c2ccco2)nn1. The number of rotatable bonds is 6. The number of aromatic nitrogens is 3. The molecule has 8 heteroatoms. The molecule has 0 spiro atoms. The first-order valence-corrected chi connectivity index (χ1v) is 6.54. The van der Waals surface area contributed by atoms with E-state index in [1.165, 1.54) is 17.0 Å². The van der Waals surface area contributed by atoms with E-state index in [1.807, 2.05) is 13.8 Å². The molecule has 2 aromatic rings. The summed E-state index contributed by atoms with van der Waals surface area (Å²) in [5.74, 6) is -0.972. The Hall–Kier alpha value is -2.48. The first kappa shape index (κ1) is 14.9. The van der Waals surface area contributed by atoms with Crippen LogP contribution in [-0.2, 0) is 17.9 Å². The van der Waals surface area contributed by atoms with Crippen molar-refractivity contribution in [1.82, 2.24) is 25.6 Å². The molecule has 0 unspecified atom stereocenters. The van der Waals surface area contributed by atoms with Crippen molar-refractivity contribution in [3.8, 4) is 0 Å². The van der Waals surface area contributed by atoms with Gasteiger partial charge < -0.3 is 9.73 Å². The van der Waals surface area contributed by atoms with Crippen molar-refractivity contribution in [1.29, 1.82) is 0 Å². The molecule has 112 valence electrons. The van der Waals surface area contributed by atoms with Gasteiger partial charge in [0.2, 0.25) is 5.91 Å². The molecule has 0 aliphatic rings. The van der Waals surface area contributed by atoms with Crippen molar-refractivity contribution >= 4 is 11.8 Å². The molecule has 0 saturated carbocycles. The summed E-state index contributed by atoms with van der Waals surface area (Å²) in [6.45, 7) is 4.54. The molecule has 0 saturated heterocycles. The van der Waals surface area contributed by atoms with Gasteiger partial charge in [0.1, 0.15) is 6.54 Å². The molecule has 0 atom stereocenters. The molecule has 8 nitrogen and oxygen atoms in total. The van der Waals surface area contributed by atoms with Gasteiger partial charge in [0.25, 0.3) is 5.91 Å². The molecule has 2 heterocycles. The zero-order valence-corrected chi connectivity index (χ0v) is 11.9. The molecular weight excluding hydrogens is 274 g/mol. The normalized spacial score (nSPS) is 10.8. The van der Waals surface area contributed by atoms with Crippen molar-refractivity contribution in [2.45, 2.75) is 33.0 Å². The first-order chi connectivity index (χ1) is 10.0. The highest BCUT2D eigenvalue weighted by Crippen LogP contribution is 1.99. The van der Waals surface area contributed by atoms with Gasteiger partial charge in [-0.05, 0) is 12.1 Å². The third-order valence-corrected chi connectivity index (χ3v) is 2.58. The largest absolute Gasteiger partial charge is 0.459 e. The van der Waals surface area contributed by atoms with Crippen LogP contribution in [0.3, 0.4) is 0 Å². The Bertz CT molecular complexity index is 603. The number of carbonyl (C=O) groups is 2. The van der Waals surface area contributed by atoms with Crippen LogP contribution in [0, 0.1) is 0 Å². The van der Waals surface area contributed by atoms with E-state index in [9.17, 15) is 9.59 Å². The minimum absolute atomic E-state index is 0.0822. The third-order valence-electron chi connectivity index (χ3n) is 2.58. The minimum Gasteiger partial charge on any atom is -0.459 e. The maximum Gasteiger partial charge on any atom is 0.293 e. The summed E-state index contributed by atoms with van der Waals surface area (Å²) < 4.78 is 6.27. The molecule has 0 aromatic carbocycles. The number of amides is 2. The summed E-state index contributed by atoms with van der Waals surface area (Å²) in [6.07, 6.45) is 3.02. The Labute approximate surface area is 121 Å². The van der Waals surface area contributed by atoms with E-state index in [4.69, 9.17) is 4.42 Å². The van der Waals surface area contributed by atoms with Crippen molar-refractivity contribution in [3.63, 3.8) is 0 Å². The fourth-order valence-electron chi connectivity index (χ4n) is 1.59. The number of nitrogens with one attached hydrogen (secondary N) is 2. The number of carbonyl (C=O) groups excluding carboxylic acids is 2. The second kappa shape index (κ2) is 6.80. The molecule has 21 heavy (non-hydrogen) atoms. The predicted octanol–water partition coefficient (Wildman–Crippen LogP) is 0.326. The number of hydrogen-bond acceptors (Lipinski definition) is 6. The Kier molecular flexibility index (Phi) is 4.83. The maximum atomic E-state index is 11.7. The van der Waals surface area contributed by atoms with Crippen LogP contribution in [-0.4, -0.2) is 32.9 Å². The van der Waals surface area contributed by atoms with E-state index in [0.717, 1.165) is 5.69 Å². The second-order valence-electron chi connectivity index (χ2n) is 4.80. The van der Waals surface area contributed by atoms with Gasteiger partial charge in [0.15, 0.2) is 5.76 Å². The summed E-state index contributed by atoms with van der Waals surface area (Å²) in [7, 11) is 0. The van der Waals surface area contributed by atoms with Gasteiger partial charge in [-0.2, -0.15) is 0 Å². The van der Waals surface area contributed by atoms with Crippen LogP contribution in [0.4, 0.5) is 0 Å². The van der Waals surface area contributed by atoms with Gasteiger partial charge in [-0.25, -0.2) is 4.68 Å². The molecule has 0 aliphatic heterocycles. The summed E-state index contributed by atoms with van der Waals surface area (Å²) in [6, 6.07) is 3.39. The topological polar surface area (TPSA) is 102 Å². The smallest absolute Gasteiger partial charge is 0.293 e. The average molecular weight is 291 g/mol. The van der Waals surface area contributed by atoms with Crippen molar-refractivity contribution in [2.75, 3.05) is 0 Å². The van der Waals surface area contributed by atoms with Crippen LogP contribution in [0.1, 0.15) is 30.1 Å². The number of nitrogens with zero attached hydrogens (tertiary/aromatic N) is 3. The number of hydrogen-bond donors (Lipinski definition) is 2. The van der Waals surface area contributed by atoms with E-state index in [2.05, 4.69) is 20.9 Å². The van der Waals surface area contributed by atoms with Gasteiger partial charge in [0, 0.05) is 12.6 Å². The van der Waals surface area contributed by atoms with Crippen molar-refractivity contribution in [2.24, 2.45) is 0 Å². The summed E-state index contributed by atoms with van der Waals surface area (Å²) in [5, 5.41) is 13.2. The van der Waals surface area contributed by atoms with Crippen LogP contribution in [0.25, 0.3) is 0 Å². The highest BCUT2D eigenvalue weighted by molar-refractivity contribution is 6.02. The number of furan rings is 1. The molecule has 0 bridgehead atoms. The van der Waals surface area contributed by atoms with Crippen LogP contribution in [0.5, 0.6) is 0 Å². The summed E-state index contributed by atoms with van der Waals surface area (Å²) in [5.41, 5.74) is 0.730. The molecule has 2 amide bonds. The Morgan fingerprint density at radius 2 is 2.24 bits per heavy atom. The van der Waals surface area contributed by atoms with Crippen molar-refractivity contribution < 1.29 is 14.0 Å². The third kappa shape index (κ3) is 4.53. The molecule has 0 aliphatic carbocycles. The highest BCUT2D eigenvalue weighted by atomic mass is 16.3. The Morgan fingerprint density at radius 3 is 2.90 bits per heavy atom. The standard InChI is InChI=1S/C13H17N5O3/c1-9(2)14-6-10-7-18(17-16-10)8-12(19)15-13(20)11-4-3-5-21-11/h3-5,7,9,14H,6,8H2,1-2H3,(H,15,19,20). The lowest BCUT2D eigenvalue weighted by molar-refractivity contribution is -0.120. The van der Waals surface area contributed by atoms with E-state index < -0.39 is 11.8 Å². The zero-order valence-electron chi connectivity index (χ0n) is 11.9. The van der Waals surface area contributed by atoms with Crippen LogP contribution in [0.2, 0.25) is 0 Å². The van der Waals surface area contributed by atoms with Gasteiger partial charge in [-0.1, -0.05) is 19.1 Å².